The molecule has 2 heterocycles. The van der Waals surface area contributed by atoms with Crippen LogP contribution in [0.4, 0.5) is 0 Å². The van der Waals surface area contributed by atoms with Crippen LogP contribution < -0.4 is 0 Å². The fourth-order valence-corrected chi connectivity index (χ4v) is 1.67. The van der Waals surface area contributed by atoms with E-state index in [0.29, 0.717) is 5.15 Å². The molecule has 1 aliphatic rings. The molecule has 0 saturated carbocycles. The van der Waals surface area contributed by atoms with Gasteiger partial charge in [-0.15, -0.1) is 0 Å². The van der Waals surface area contributed by atoms with Crippen LogP contribution in [0, 0.1) is 0 Å². The van der Waals surface area contributed by atoms with Crippen LogP contribution in [0.25, 0.3) is 0 Å². The van der Waals surface area contributed by atoms with Gasteiger partial charge in [0.15, 0.2) is 0 Å². The van der Waals surface area contributed by atoms with E-state index in [1.807, 2.05) is 6.07 Å². The first kappa shape index (κ1) is 7.07. The molecule has 58 valence electrons. The van der Waals surface area contributed by atoms with Gasteiger partial charge in [-0.3, -0.25) is 4.90 Å². The van der Waals surface area contributed by atoms with Gasteiger partial charge in [0.05, 0.1) is 0 Å². The highest BCUT2D eigenvalue weighted by atomic mass is 35.5. The summed E-state index contributed by atoms with van der Waals surface area (Å²) < 4.78 is 0. The molecule has 0 bridgehead atoms. The molecule has 1 aromatic heterocycles. The van der Waals surface area contributed by atoms with Gasteiger partial charge in [0.1, 0.15) is 5.15 Å². The normalized spacial score (nSPS) is 16.9. The molecule has 2 nitrogen and oxygen atoms in total. The van der Waals surface area contributed by atoms with E-state index in [1.54, 1.807) is 6.20 Å². The SMILES string of the molecule is CN1Cc2ccnc(Cl)c2C1. The minimum atomic E-state index is 0.659. The molecule has 0 unspecified atom stereocenters. The molecule has 3 heteroatoms. The summed E-state index contributed by atoms with van der Waals surface area (Å²) in [6.07, 6.45) is 1.76. The predicted molar refractivity (Wildman–Crippen MR) is 44.4 cm³/mol. The van der Waals surface area contributed by atoms with E-state index in [9.17, 15) is 0 Å². The Bertz CT molecular complexity index is 285. The average molecular weight is 169 g/mol. The first-order valence-electron chi connectivity index (χ1n) is 3.58. The third kappa shape index (κ3) is 1.12. The Labute approximate surface area is 70.8 Å². The van der Waals surface area contributed by atoms with Gasteiger partial charge >= 0.3 is 0 Å². The van der Waals surface area contributed by atoms with E-state index in [0.717, 1.165) is 13.1 Å². The molecule has 0 spiro atoms. The number of halogens is 1. The Balaban J connectivity index is 2.49. The van der Waals surface area contributed by atoms with Crippen molar-refractivity contribution in [1.29, 1.82) is 0 Å². The number of aromatic nitrogens is 1. The average Bonchev–Trinajstić information content (AvgIpc) is 2.31. The Morgan fingerprint density at radius 2 is 2.36 bits per heavy atom. The van der Waals surface area contributed by atoms with Crippen LogP contribution in [-0.4, -0.2) is 16.9 Å². The number of hydrogen-bond donors (Lipinski definition) is 0. The highest BCUT2D eigenvalue weighted by Crippen LogP contribution is 2.25. The predicted octanol–water partition coefficient (Wildman–Crippen LogP) is 1.68. The summed E-state index contributed by atoms with van der Waals surface area (Å²) in [7, 11) is 2.08. The van der Waals surface area contributed by atoms with Gasteiger partial charge in [-0.05, 0) is 18.7 Å². The van der Waals surface area contributed by atoms with E-state index < -0.39 is 0 Å². The molecule has 0 N–H and O–H groups in total. The molecule has 0 saturated heterocycles. The van der Waals surface area contributed by atoms with Gasteiger partial charge in [0.25, 0.3) is 0 Å². The van der Waals surface area contributed by atoms with Crippen molar-refractivity contribution < 1.29 is 0 Å². The third-order valence-electron chi connectivity index (χ3n) is 1.97. The summed E-state index contributed by atoms with van der Waals surface area (Å²) in [4.78, 5) is 6.24. The van der Waals surface area contributed by atoms with Crippen molar-refractivity contribution in [3.05, 3.63) is 28.5 Å². The van der Waals surface area contributed by atoms with Gasteiger partial charge in [-0.25, -0.2) is 4.98 Å². The first-order chi connectivity index (χ1) is 5.27. The standard InChI is InChI=1S/C8H9ClN2/c1-11-4-6-2-3-10-8(9)7(6)5-11/h2-3H,4-5H2,1H3. The molecule has 1 aliphatic heterocycles. The van der Waals surface area contributed by atoms with Crippen molar-refractivity contribution in [2.45, 2.75) is 13.1 Å². The number of hydrogen-bond acceptors (Lipinski definition) is 2. The molecule has 11 heavy (non-hydrogen) atoms. The summed E-state index contributed by atoms with van der Waals surface area (Å²) in [5.41, 5.74) is 2.50. The highest BCUT2D eigenvalue weighted by molar-refractivity contribution is 6.30. The monoisotopic (exact) mass is 168 g/mol. The quantitative estimate of drug-likeness (QED) is 0.548. The van der Waals surface area contributed by atoms with Gasteiger partial charge in [0.2, 0.25) is 0 Å². The number of nitrogens with zero attached hydrogens (tertiary/aromatic N) is 2. The molecular weight excluding hydrogens is 160 g/mol. The van der Waals surface area contributed by atoms with E-state index >= 15 is 0 Å². The maximum Gasteiger partial charge on any atom is 0.133 e. The lowest BCUT2D eigenvalue weighted by Gasteiger charge is -2.02. The van der Waals surface area contributed by atoms with Crippen LogP contribution in [0.15, 0.2) is 12.3 Å². The van der Waals surface area contributed by atoms with Gasteiger partial charge in [0, 0.05) is 24.8 Å². The van der Waals surface area contributed by atoms with Crippen molar-refractivity contribution >= 4 is 11.6 Å². The second kappa shape index (κ2) is 2.47. The zero-order valence-corrected chi connectivity index (χ0v) is 7.10. The van der Waals surface area contributed by atoms with Crippen LogP contribution >= 0.6 is 11.6 Å². The number of pyridine rings is 1. The lowest BCUT2D eigenvalue weighted by Crippen LogP contribution is -2.07. The number of rotatable bonds is 0. The summed E-state index contributed by atoms with van der Waals surface area (Å²) in [5, 5.41) is 0.659. The summed E-state index contributed by atoms with van der Waals surface area (Å²) in [5.74, 6) is 0. The molecule has 0 radical (unpaired) electrons. The Hall–Kier alpha value is -0.600. The minimum absolute atomic E-state index is 0.659. The smallest absolute Gasteiger partial charge is 0.133 e. The topological polar surface area (TPSA) is 16.1 Å². The summed E-state index contributed by atoms with van der Waals surface area (Å²) >= 11 is 5.90. The van der Waals surface area contributed by atoms with Gasteiger partial charge in [-0.1, -0.05) is 11.6 Å². The largest absolute Gasteiger partial charge is 0.298 e. The third-order valence-corrected chi connectivity index (χ3v) is 2.29. The van der Waals surface area contributed by atoms with Crippen molar-refractivity contribution in [2.75, 3.05) is 7.05 Å². The maximum absolute atomic E-state index is 5.90. The second-order valence-corrected chi connectivity index (χ2v) is 3.27. The van der Waals surface area contributed by atoms with Crippen LogP contribution in [-0.2, 0) is 13.1 Å². The Morgan fingerprint density at radius 1 is 1.55 bits per heavy atom. The molecule has 2 rings (SSSR count). The van der Waals surface area contributed by atoms with E-state index in [1.165, 1.54) is 11.1 Å². The summed E-state index contributed by atoms with van der Waals surface area (Å²) in [6.45, 7) is 1.93. The van der Waals surface area contributed by atoms with Crippen molar-refractivity contribution in [2.24, 2.45) is 0 Å². The lowest BCUT2D eigenvalue weighted by atomic mass is 10.2. The van der Waals surface area contributed by atoms with Gasteiger partial charge < -0.3 is 0 Å². The van der Waals surface area contributed by atoms with Crippen LogP contribution in [0.1, 0.15) is 11.1 Å². The summed E-state index contributed by atoms with van der Waals surface area (Å²) in [6, 6.07) is 2.03. The highest BCUT2D eigenvalue weighted by Gasteiger charge is 2.17. The molecule has 0 atom stereocenters. The Morgan fingerprint density at radius 3 is 3.09 bits per heavy atom. The van der Waals surface area contributed by atoms with Crippen LogP contribution in [0.5, 0.6) is 0 Å². The van der Waals surface area contributed by atoms with E-state index in [-0.39, 0.29) is 0 Å². The fourth-order valence-electron chi connectivity index (χ4n) is 1.44. The van der Waals surface area contributed by atoms with Crippen molar-refractivity contribution in [3.8, 4) is 0 Å². The lowest BCUT2D eigenvalue weighted by molar-refractivity contribution is 0.353. The molecule has 0 aromatic carbocycles. The molecule has 0 fully saturated rings. The van der Waals surface area contributed by atoms with Crippen LogP contribution in [0.3, 0.4) is 0 Å². The zero-order valence-electron chi connectivity index (χ0n) is 6.34. The van der Waals surface area contributed by atoms with Crippen molar-refractivity contribution in [3.63, 3.8) is 0 Å². The molecule has 0 aliphatic carbocycles. The fraction of sp³-hybridized carbons (Fsp3) is 0.375. The molecule has 0 amide bonds. The molecular formula is C8H9ClN2. The van der Waals surface area contributed by atoms with Crippen molar-refractivity contribution in [1.82, 2.24) is 9.88 Å². The Kier molecular flexibility index (Phi) is 1.59. The first-order valence-corrected chi connectivity index (χ1v) is 3.96. The van der Waals surface area contributed by atoms with Crippen LogP contribution in [0.2, 0.25) is 5.15 Å². The minimum Gasteiger partial charge on any atom is -0.298 e. The second-order valence-electron chi connectivity index (χ2n) is 2.91. The zero-order chi connectivity index (χ0) is 7.84. The molecule has 1 aromatic rings. The van der Waals surface area contributed by atoms with E-state index in [2.05, 4.69) is 16.9 Å². The van der Waals surface area contributed by atoms with E-state index in [4.69, 9.17) is 11.6 Å². The number of fused-ring (bicyclic) bond motifs is 1. The maximum atomic E-state index is 5.90. The van der Waals surface area contributed by atoms with Gasteiger partial charge in [-0.2, -0.15) is 0 Å².